The second-order valence-electron chi connectivity index (χ2n) is 10.9. The van der Waals surface area contributed by atoms with Crippen LogP contribution in [0.3, 0.4) is 0 Å². The molecular weight excluding hydrogens is 734 g/mol. The number of nitrogens with zero attached hydrogens (tertiary/aromatic N) is 4. The molecule has 4 aromatic rings. The quantitative estimate of drug-likeness (QED) is 0.192. The number of carbonyl (C=O) groups excluding carboxylic acids is 2. The van der Waals surface area contributed by atoms with Crippen molar-refractivity contribution in [2.24, 2.45) is 10.3 Å². The third-order valence-corrected chi connectivity index (χ3v) is 7.12. The molecule has 0 spiro atoms. The fraction of sp³-hybridized carbons (Fsp3) is 0.235. The van der Waals surface area contributed by atoms with Crippen LogP contribution in [-0.4, -0.2) is 60.4 Å². The first-order chi connectivity index (χ1) is 25.7. The molecule has 2 aliphatic heterocycles. The van der Waals surface area contributed by atoms with Crippen LogP contribution in [-0.2, 0) is 9.68 Å². The lowest BCUT2D eigenvalue weighted by Crippen LogP contribution is -2.19. The van der Waals surface area contributed by atoms with Crippen molar-refractivity contribution < 1.29 is 64.6 Å². The topological polar surface area (TPSA) is 164 Å². The monoisotopic (exact) mass is 762 g/mol. The summed E-state index contributed by atoms with van der Waals surface area (Å²) >= 11 is 0. The van der Waals surface area contributed by atoms with E-state index in [9.17, 15) is 35.9 Å². The summed E-state index contributed by atoms with van der Waals surface area (Å²) in [6, 6.07) is 16.8. The minimum absolute atomic E-state index is 0.244. The van der Waals surface area contributed by atoms with Crippen LogP contribution in [0.5, 0.6) is 23.0 Å². The lowest BCUT2D eigenvalue weighted by molar-refractivity contribution is -0.275. The predicted molar refractivity (Wildman–Crippen MR) is 175 cm³/mol. The van der Waals surface area contributed by atoms with Gasteiger partial charge in [0.05, 0.1) is 25.2 Å². The first kappa shape index (κ1) is 38.6. The van der Waals surface area contributed by atoms with Crippen molar-refractivity contribution in [3.63, 3.8) is 0 Å². The minimum Gasteiger partial charge on any atom is -0.438 e. The fourth-order valence-electron chi connectivity index (χ4n) is 4.64. The van der Waals surface area contributed by atoms with Gasteiger partial charge in [-0.25, -0.2) is 9.97 Å². The molecule has 0 bridgehead atoms. The molecule has 0 aliphatic carbocycles. The largest absolute Gasteiger partial charge is 0.573 e. The van der Waals surface area contributed by atoms with Crippen LogP contribution in [0.25, 0.3) is 0 Å². The highest BCUT2D eigenvalue weighted by molar-refractivity contribution is 5.92. The molecule has 0 radical (unpaired) electrons. The number of aromatic nitrogens is 2. The number of nitrogens with one attached hydrogen (secondary N) is 2. The highest BCUT2D eigenvalue weighted by atomic mass is 19.4. The third-order valence-electron chi connectivity index (χ3n) is 7.12. The van der Waals surface area contributed by atoms with Gasteiger partial charge in [-0.3, -0.25) is 9.59 Å². The molecule has 0 saturated heterocycles. The Labute approximate surface area is 301 Å². The van der Waals surface area contributed by atoms with Crippen molar-refractivity contribution in [3.8, 4) is 23.0 Å². The number of hydrogen-bond donors (Lipinski definition) is 2. The van der Waals surface area contributed by atoms with Gasteiger partial charge >= 0.3 is 12.7 Å². The van der Waals surface area contributed by atoms with Crippen molar-refractivity contribution in [1.29, 1.82) is 0 Å². The SMILES string of the molecule is CNC(=O)c1ccc(OC2=NO[C@@H](c3ccc(OC(F)(F)F)cc3)C2)cn1.CNC(=O)c1ccc(OC2=NO[C@H](c3ccc(OC(F)(F)F)cc3)C2)cn1. The van der Waals surface area contributed by atoms with Crippen molar-refractivity contribution in [2.45, 2.75) is 37.8 Å². The summed E-state index contributed by atoms with van der Waals surface area (Å²) in [5, 5.41) is 12.6. The van der Waals surface area contributed by atoms with Crippen molar-refractivity contribution in [3.05, 3.63) is 108 Å². The number of rotatable bonds is 8. The summed E-state index contributed by atoms with van der Waals surface area (Å²) in [5.41, 5.74) is 1.74. The number of amides is 2. The molecular formula is C34H28F6N6O8. The van der Waals surface area contributed by atoms with E-state index in [0.717, 1.165) is 0 Å². The number of alkyl halides is 6. The zero-order chi connectivity index (χ0) is 38.9. The summed E-state index contributed by atoms with van der Waals surface area (Å²) < 4.78 is 91.8. The Morgan fingerprint density at radius 2 is 0.944 bits per heavy atom. The number of benzene rings is 2. The van der Waals surface area contributed by atoms with Gasteiger partial charge in [0.2, 0.25) is 11.8 Å². The molecule has 0 unspecified atom stereocenters. The van der Waals surface area contributed by atoms with Gasteiger partial charge < -0.3 is 39.3 Å². The first-order valence-corrected chi connectivity index (χ1v) is 15.6. The molecule has 2 amide bonds. The molecule has 2 N–H and O–H groups in total. The van der Waals surface area contributed by atoms with Crippen LogP contribution in [0, 0.1) is 0 Å². The Morgan fingerprint density at radius 1 is 0.593 bits per heavy atom. The van der Waals surface area contributed by atoms with E-state index < -0.39 is 24.9 Å². The zero-order valence-electron chi connectivity index (χ0n) is 28.0. The molecule has 2 aliphatic rings. The van der Waals surface area contributed by atoms with E-state index in [1.807, 2.05) is 0 Å². The van der Waals surface area contributed by atoms with E-state index in [0.29, 0.717) is 22.6 Å². The van der Waals surface area contributed by atoms with Crippen LogP contribution < -0.4 is 29.6 Å². The average Bonchev–Trinajstić information content (AvgIpc) is 3.81. The second-order valence-corrected chi connectivity index (χ2v) is 10.9. The maximum atomic E-state index is 12.2. The Kier molecular flexibility index (Phi) is 12.0. The molecule has 0 fully saturated rings. The number of pyridine rings is 2. The molecule has 54 heavy (non-hydrogen) atoms. The maximum absolute atomic E-state index is 12.2. The second kappa shape index (κ2) is 16.8. The van der Waals surface area contributed by atoms with E-state index in [4.69, 9.17) is 19.1 Å². The predicted octanol–water partition coefficient (Wildman–Crippen LogP) is 6.39. The van der Waals surface area contributed by atoms with E-state index in [1.54, 1.807) is 12.1 Å². The molecule has 4 heterocycles. The van der Waals surface area contributed by atoms with Gasteiger partial charge in [-0.15, -0.1) is 26.3 Å². The highest BCUT2D eigenvalue weighted by Crippen LogP contribution is 2.32. The minimum atomic E-state index is -4.74. The zero-order valence-corrected chi connectivity index (χ0v) is 28.0. The summed E-state index contributed by atoms with van der Waals surface area (Å²) in [6.45, 7) is 0. The van der Waals surface area contributed by atoms with Gasteiger partial charge in [-0.2, -0.15) is 0 Å². The van der Waals surface area contributed by atoms with Gasteiger partial charge in [-0.1, -0.05) is 34.6 Å². The van der Waals surface area contributed by atoms with Gasteiger partial charge in [0.25, 0.3) is 11.8 Å². The molecule has 2 aromatic heterocycles. The van der Waals surface area contributed by atoms with Gasteiger partial charge in [0.15, 0.2) is 12.2 Å². The molecule has 2 atom stereocenters. The van der Waals surface area contributed by atoms with Crippen molar-refractivity contribution in [1.82, 2.24) is 20.6 Å². The highest BCUT2D eigenvalue weighted by Gasteiger charge is 2.32. The van der Waals surface area contributed by atoms with Crippen LogP contribution in [0.1, 0.15) is 57.2 Å². The molecule has 0 saturated carbocycles. The van der Waals surface area contributed by atoms with E-state index in [1.165, 1.54) is 87.2 Å². The molecule has 20 heteroatoms. The van der Waals surface area contributed by atoms with Crippen molar-refractivity contribution >= 4 is 23.6 Å². The first-order valence-electron chi connectivity index (χ1n) is 15.6. The van der Waals surface area contributed by atoms with Gasteiger partial charge in [-0.05, 0) is 59.7 Å². The number of ether oxygens (including phenoxy) is 4. The fourth-order valence-corrected chi connectivity index (χ4v) is 4.64. The number of halogens is 6. The maximum Gasteiger partial charge on any atom is 0.573 e. The number of carbonyl (C=O) groups is 2. The van der Waals surface area contributed by atoms with E-state index >= 15 is 0 Å². The molecule has 284 valence electrons. The van der Waals surface area contributed by atoms with Crippen LogP contribution >= 0.6 is 0 Å². The standard InChI is InChI=1S/2C17H14F3N3O4/c2*1-21-16(24)13-7-6-12(9-22-13)25-15-8-14(27-23-15)10-2-4-11(5-3-10)26-17(18,19)20/h2*2-7,9,14H,8H2,1H3,(H,21,24)/t2*14-/m10/s1. The number of oxime groups is 2. The van der Waals surface area contributed by atoms with Crippen LogP contribution in [0.4, 0.5) is 26.3 Å². The smallest absolute Gasteiger partial charge is 0.438 e. The normalized spacial score (nSPS) is 16.3. The Hall–Kier alpha value is -6.60. The summed E-state index contributed by atoms with van der Waals surface area (Å²) in [4.78, 5) is 41.3. The van der Waals surface area contributed by atoms with Crippen LogP contribution in [0.2, 0.25) is 0 Å². The van der Waals surface area contributed by atoms with Gasteiger partial charge in [0, 0.05) is 14.1 Å². The Bertz CT molecular complexity index is 1810. The van der Waals surface area contributed by atoms with Crippen molar-refractivity contribution in [2.75, 3.05) is 14.1 Å². The summed E-state index contributed by atoms with van der Waals surface area (Å²) in [7, 11) is 3.00. The molecule has 2 aromatic carbocycles. The van der Waals surface area contributed by atoms with E-state index in [-0.39, 0.29) is 59.3 Å². The molecule has 14 nitrogen and oxygen atoms in total. The third kappa shape index (κ3) is 11.2. The average molecular weight is 763 g/mol. The van der Waals surface area contributed by atoms with Crippen LogP contribution in [0.15, 0.2) is 95.5 Å². The summed E-state index contributed by atoms with van der Waals surface area (Å²) in [5.74, 6) is 0.0458. The number of hydrogen-bond acceptors (Lipinski definition) is 12. The lowest BCUT2D eigenvalue weighted by atomic mass is 10.1. The molecule has 6 rings (SSSR count). The van der Waals surface area contributed by atoms with E-state index in [2.05, 4.69) is 40.4 Å². The van der Waals surface area contributed by atoms with Gasteiger partial charge in [0.1, 0.15) is 34.4 Å². The Morgan fingerprint density at radius 3 is 1.24 bits per heavy atom. The summed E-state index contributed by atoms with van der Waals surface area (Å²) in [6.07, 6.45) is -7.12. The Balaban J connectivity index is 0.000000208. The lowest BCUT2D eigenvalue weighted by Gasteiger charge is -2.11.